The molecule has 3 heteroatoms. The predicted octanol–water partition coefficient (Wildman–Crippen LogP) is 0.00338. The van der Waals surface area contributed by atoms with Gasteiger partial charge in [-0.15, -0.1) is 0 Å². The summed E-state index contributed by atoms with van der Waals surface area (Å²) in [4.78, 5) is 4.68. The number of nitriles is 1. The molecule has 2 fully saturated rings. The maximum absolute atomic E-state index is 8.54. The fourth-order valence-electron chi connectivity index (χ4n) is 2.55. The average Bonchev–Trinajstić information content (AvgIpc) is 2.44. The van der Waals surface area contributed by atoms with Crippen molar-refractivity contribution in [2.24, 2.45) is 11.8 Å². The van der Waals surface area contributed by atoms with Crippen LogP contribution in [0, 0.1) is 23.2 Å². The number of nitrogens with zero attached hydrogens (tertiary/aromatic N) is 3. The first-order chi connectivity index (χ1) is 5.79. The Morgan fingerprint density at radius 2 is 1.83 bits per heavy atom. The fraction of sp³-hybridized carbons (Fsp3) is 0.889. The number of fused-ring (bicyclic) bond motifs is 1. The van der Waals surface area contributed by atoms with Crippen LogP contribution in [0.25, 0.3) is 0 Å². The monoisotopic (exact) mass is 165 g/mol. The van der Waals surface area contributed by atoms with Gasteiger partial charge in [0.05, 0.1) is 12.6 Å². The lowest BCUT2D eigenvalue weighted by Gasteiger charge is -2.15. The van der Waals surface area contributed by atoms with Crippen molar-refractivity contribution in [2.45, 2.75) is 0 Å². The van der Waals surface area contributed by atoms with E-state index >= 15 is 0 Å². The lowest BCUT2D eigenvalue weighted by atomic mass is 10.0. The van der Waals surface area contributed by atoms with Crippen molar-refractivity contribution in [2.75, 3.05) is 39.8 Å². The molecule has 2 aliphatic heterocycles. The Morgan fingerprint density at radius 3 is 2.33 bits per heavy atom. The Hall–Kier alpha value is -0.590. The van der Waals surface area contributed by atoms with E-state index in [-0.39, 0.29) is 0 Å². The third kappa shape index (κ3) is 1.33. The molecule has 2 aliphatic rings. The molecule has 0 aliphatic carbocycles. The standard InChI is InChI=1S/C9H15N3/c1-11-4-8-6-12(3-2-10)7-9(8)5-11/h8-9H,3-7H2,1H3/t8-,9+. The van der Waals surface area contributed by atoms with Crippen LogP contribution in [0.3, 0.4) is 0 Å². The number of hydrogen-bond acceptors (Lipinski definition) is 3. The van der Waals surface area contributed by atoms with E-state index in [4.69, 9.17) is 5.26 Å². The second-order valence-electron chi connectivity index (χ2n) is 4.09. The summed E-state index contributed by atoms with van der Waals surface area (Å²) >= 11 is 0. The zero-order valence-corrected chi connectivity index (χ0v) is 7.53. The van der Waals surface area contributed by atoms with Gasteiger partial charge in [-0.25, -0.2) is 0 Å². The van der Waals surface area contributed by atoms with Crippen LogP contribution < -0.4 is 0 Å². The average molecular weight is 165 g/mol. The minimum Gasteiger partial charge on any atom is -0.306 e. The van der Waals surface area contributed by atoms with Gasteiger partial charge in [0.15, 0.2) is 0 Å². The molecule has 0 amide bonds. The minimum atomic E-state index is 0.622. The normalized spacial score (nSPS) is 36.7. The van der Waals surface area contributed by atoms with Crippen LogP contribution in [0.4, 0.5) is 0 Å². The SMILES string of the molecule is CN1C[C@@H]2CN(CC#N)C[C@@H]2C1. The number of rotatable bonds is 1. The molecule has 0 spiro atoms. The van der Waals surface area contributed by atoms with E-state index in [0.29, 0.717) is 6.54 Å². The highest BCUT2D eigenvalue weighted by Crippen LogP contribution is 2.29. The van der Waals surface area contributed by atoms with E-state index in [2.05, 4.69) is 22.9 Å². The van der Waals surface area contributed by atoms with Crippen LogP contribution in [-0.2, 0) is 0 Å². The van der Waals surface area contributed by atoms with E-state index < -0.39 is 0 Å². The van der Waals surface area contributed by atoms with Crippen molar-refractivity contribution < 1.29 is 0 Å². The molecule has 2 heterocycles. The van der Waals surface area contributed by atoms with E-state index in [0.717, 1.165) is 24.9 Å². The van der Waals surface area contributed by atoms with Crippen LogP contribution in [0.5, 0.6) is 0 Å². The summed E-state index contributed by atoms with van der Waals surface area (Å²) in [5.41, 5.74) is 0. The summed E-state index contributed by atoms with van der Waals surface area (Å²) in [5.74, 6) is 1.67. The summed E-state index contributed by atoms with van der Waals surface area (Å²) in [6.07, 6.45) is 0. The first-order valence-corrected chi connectivity index (χ1v) is 4.57. The van der Waals surface area contributed by atoms with Gasteiger partial charge >= 0.3 is 0 Å². The Balaban J connectivity index is 1.90. The van der Waals surface area contributed by atoms with Gasteiger partial charge in [0, 0.05) is 26.2 Å². The molecule has 0 radical (unpaired) electrons. The zero-order valence-electron chi connectivity index (χ0n) is 7.53. The van der Waals surface area contributed by atoms with Gasteiger partial charge in [0.25, 0.3) is 0 Å². The summed E-state index contributed by atoms with van der Waals surface area (Å²) in [7, 11) is 2.19. The minimum absolute atomic E-state index is 0.622. The summed E-state index contributed by atoms with van der Waals surface area (Å²) in [6, 6.07) is 2.22. The smallest absolute Gasteiger partial charge is 0.0866 e. The number of likely N-dealkylation sites (tertiary alicyclic amines) is 2. The maximum Gasteiger partial charge on any atom is 0.0866 e. The Bertz CT molecular complexity index is 194. The molecule has 2 atom stereocenters. The van der Waals surface area contributed by atoms with E-state index in [9.17, 15) is 0 Å². The zero-order chi connectivity index (χ0) is 8.55. The van der Waals surface area contributed by atoms with Crippen LogP contribution >= 0.6 is 0 Å². The molecule has 0 aromatic heterocycles. The molecule has 0 N–H and O–H groups in total. The molecule has 0 saturated carbocycles. The van der Waals surface area contributed by atoms with Gasteiger partial charge in [-0.1, -0.05) is 0 Å². The molecule has 12 heavy (non-hydrogen) atoms. The van der Waals surface area contributed by atoms with Crippen molar-refractivity contribution in [3.8, 4) is 6.07 Å². The van der Waals surface area contributed by atoms with Crippen molar-refractivity contribution >= 4 is 0 Å². The molecule has 0 aromatic rings. The largest absolute Gasteiger partial charge is 0.306 e. The summed E-state index contributed by atoms with van der Waals surface area (Å²) in [6.45, 7) is 5.36. The van der Waals surface area contributed by atoms with Crippen molar-refractivity contribution in [1.82, 2.24) is 9.80 Å². The molecule has 3 nitrogen and oxygen atoms in total. The molecule has 0 unspecified atom stereocenters. The molecule has 0 bridgehead atoms. The molecule has 2 saturated heterocycles. The maximum atomic E-state index is 8.54. The van der Waals surface area contributed by atoms with Gasteiger partial charge in [0.1, 0.15) is 0 Å². The van der Waals surface area contributed by atoms with Crippen molar-refractivity contribution in [3.63, 3.8) is 0 Å². The van der Waals surface area contributed by atoms with E-state index in [1.807, 2.05) is 0 Å². The topological polar surface area (TPSA) is 30.3 Å². The van der Waals surface area contributed by atoms with Gasteiger partial charge in [0.2, 0.25) is 0 Å². The van der Waals surface area contributed by atoms with Crippen molar-refractivity contribution in [1.29, 1.82) is 5.26 Å². The summed E-state index contributed by atoms with van der Waals surface area (Å²) in [5, 5.41) is 8.54. The highest BCUT2D eigenvalue weighted by molar-refractivity contribution is 4.94. The second-order valence-corrected chi connectivity index (χ2v) is 4.09. The van der Waals surface area contributed by atoms with Crippen molar-refractivity contribution in [3.05, 3.63) is 0 Å². The van der Waals surface area contributed by atoms with E-state index in [1.165, 1.54) is 13.1 Å². The predicted molar refractivity (Wildman–Crippen MR) is 46.5 cm³/mol. The van der Waals surface area contributed by atoms with Gasteiger partial charge in [-0.3, -0.25) is 4.90 Å². The first-order valence-electron chi connectivity index (χ1n) is 4.57. The lowest BCUT2D eigenvalue weighted by molar-refractivity contribution is 0.300. The van der Waals surface area contributed by atoms with Gasteiger partial charge in [-0.2, -0.15) is 5.26 Å². The lowest BCUT2D eigenvalue weighted by Crippen LogP contribution is -2.27. The molecular formula is C9H15N3. The second kappa shape index (κ2) is 3.04. The van der Waals surface area contributed by atoms with Crippen LogP contribution in [0.1, 0.15) is 0 Å². The van der Waals surface area contributed by atoms with Crippen LogP contribution in [0.2, 0.25) is 0 Å². The molecule has 2 rings (SSSR count). The Kier molecular flexibility index (Phi) is 2.03. The molecular weight excluding hydrogens is 150 g/mol. The van der Waals surface area contributed by atoms with Gasteiger partial charge < -0.3 is 4.90 Å². The molecule has 66 valence electrons. The third-order valence-electron chi connectivity index (χ3n) is 3.04. The van der Waals surface area contributed by atoms with Crippen LogP contribution in [0.15, 0.2) is 0 Å². The fourth-order valence-corrected chi connectivity index (χ4v) is 2.55. The highest BCUT2D eigenvalue weighted by atomic mass is 15.2. The first kappa shape index (κ1) is 8.03. The number of hydrogen-bond donors (Lipinski definition) is 0. The Labute approximate surface area is 73.6 Å². The Morgan fingerprint density at radius 1 is 1.25 bits per heavy atom. The van der Waals surface area contributed by atoms with Crippen LogP contribution in [-0.4, -0.2) is 49.6 Å². The molecule has 0 aromatic carbocycles. The highest BCUT2D eigenvalue weighted by Gasteiger charge is 2.38. The van der Waals surface area contributed by atoms with Gasteiger partial charge in [-0.05, 0) is 18.9 Å². The third-order valence-corrected chi connectivity index (χ3v) is 3.04. The summed E-state index contributed by atoms with van der Waals surface area (Å²) < 4.78 is 0. The quantitative estimate of drug-likeness (QED) is 0.512. The van der Waals surface area contributed by atoms with E-state index in [1.54, 1.807) is 0 Å².